The Morgan fingerprint density at radius 1 is 1.73 bits per heavy atom. The van der Waals surface area contributed by atoms with Crippen molar-refractivity contribution in [1.82, 2.24) is 5.32 Å². The van der Waals surface area contributed by atoms with Gasteiger partial charge in [-0.15, -0.1) is 11.8 Å². The Labute approximate surface area is 93.8 Å². The highest BCUT2D eigenvalue weighted by atomic mass is 32.2. The Morgan fingerprint density at radius 3 is 3.00 bits per heavy atom. The summed E-state index contributed by atoms with van der Waals surface area (Å²) in [6.07, 6.45) is 2.00. The molecular weight excluding hydrogens is 214 g/mol. The van der Waals surface area contributed by atoms with Crippen molar-refractivity contribution < 1.29 is 14.6 Å². The van der Waals surface area contributed by atoms with Gasteiger partial charge in [-0.1, -0.05) is 6.92 Å². The molecule has 0 spiro atoms. The number of ether oxygens (including phenoxy) is 1. The minimum atomic E-state index is -0.739. The van der Waals surface area contributed by atoms with Gasteiger partial charge in [-0.05, 0) is 12.8 Å². The Bertz CT molecular complexity index is 255. The van der Waals surface area contributed by atoms with Gasteiger partial charge >= 0.3 is 5.97 Å². The van der Waals surface area contributed by atoms with Gasteiger partial charge in [0.05, 0.1) is 11.5 Å². The van der Waals surface area contributed by atoms with Gasteiger partial charge in [0.1, 0.15) is 6.04 Å². The lowest BCUT2D eigenvalue weighted by atomic mass is 9.95. The molecule has 2 rings (SSSR count). The van der Waals surface area contributed by atoms with Gasteiger partial charge in [0.25, 0.3) is 0 Å². The fourth-order valence-electron chi connectivity index (χ4n) is 2.37. The van der Waals surface area contributed by atoms with E-state index >= 15 is 0 Å². The third kappa shape index (κ3) is 2.00. The van der Waals surface area contributed by atoms with Crippen LogP contribution in [-0.4, -0.2) is 41.0 Å². The van der Waals surface area contributed by atoms with Crippen LogP contribution in [0.15, 0.2) is 0 Å². The average Bonchev–Trinajstić information content (AvgIpc) is 2.87. The maximum atomic E-state index is 10.9. The van der Waals surface area contributed by atoms with Crippen LogP contribution in [0.1, 0.15) is 19.8 Å². The number of hydrogen-bond donors (Lipinski definition) is 2. The minimum absolute atomic E-state index is 0.0699. The standard InChI is InChI=1S/C10H17NO3S/c1-2-10(7-3-4-14-5-7)11-8(6-15-10)9(12)13/h7-8,11H,2-6H2,1H3,(H,12,13). The third-order valence-corrected chi connectivity index (χ3v) is 5.09. The normalized spacial score (nSPS) is 40.9. The lowest BCUT2D eigenvalue weighted by Crippen LogP contribution is -2.49. The molecule has 2 aliphatic rings. The number of rotatable bonds is 3. The van der Waals surface area contributed by atoms with Crippen molar-refractivity contribution in [2.24, 2.45) is 5.92 Å². The first-order valence-corrected chi connectivity index (χ1v) is 6.38. The van der Waals surface area contributed by atoms with Gasteiger partial charge in [0.2, 0.25) is 0 Å². The summed E-state index contributed by atoms with van der Waals surface area (Å²) in [6.45, 7) is 3.69. The molecule has 3 unspecified atom stereocenters. The van der Waals surface area contributed by atoms with Crippen LogP contribution in [0, 0.1) is 5.92 Å². The Balaban J connectivity index is 2.06. The van der Waals surface area contributed by atoms with Crippen LogP contribution < -0.4 is 5.32 Å². The second-order valence-electron chi connectivity index (χ2n) is 4.15. The smallest absolute Gasteiger partial charge is 0.321 e. The van der Waals surface area contributed by atoms with Gasteiger partial charge in [-0.25, -0.2) is 0 Å². The van der Waals surface area contributed by atoms with Gasteiger partial charge in [-0.2, -0.15) is 0 Å². The van der Waals surface area contributed by atoms with E-state index in [1.807, 2.05) is 0 Å². The average molecular weight is 231 g/mol. The fourth-order valence-corrected chi connectivity index (χ4v) is 3.92. The Hall–Kier alpha value is -0.260. The summed E-state index contributed by atoms with van der Waals surface area (Å²) in [7, 11) is 0. The number of carboxylic acid groups (broad SMARTS) is 1. The zero-order valence-corrected chi connectivity index (χ0v) is 9.68. The van der Waals surface area contributed by atoms with E-state index in [9.17, 15) is 4.79 Å². The molecule has 0 aliphatic carbocycles. The first-order chi connectivity index (χ1) is 7.18. The van der Waals surface area contributed by atoms with Gasteiger partial charge in [0, 0.05) is 18.3 Å². The largest absolute Gasteiger partial charge is 0.480 e. The molecule has 86 valence electrons. The Morgan fingerprint density at radius 2 is 2.53 bits per heavy atom. The van der Waals surface area contributed by atoms with E-state index in [0.29, 0.717) is 11.7 Å². The maximum absolute atomic E-state index is 10.9. The highest BCUT2D eigenvalue weighted by molar-refractivity contribution is 8.01. The third-order valence-electron chi connectivity index (χ3n) is 3.34. The van der Waals surface area contributed by atoms with Crippen molar-refractivity contribution in [2.75, 3.05) is 19.0 Å². The summed E-state index contributed by atoms with van der Waals surface area (Å²) in [5.41, 5.74) is 0. The van der Waals surface area contributed by atoms with E-state index in [2.05, 4.69) is 12.2 Å². The Kier molecular flexibility index (Phi) is 3.23. The summed E-state index contributed by atoms with van der Waals surface area (Å²) in [5, 5.41) is 12.3. The second-order valence-corrected chi connectivity index (χ2v) is 5.50. The fraction of sp³-hybridized carbons (Fsp3) is 0.900. The van der Waals surface area contributed by atoms with Crippen LogP contribution in [0.3, 0.4) is 0 Å². The molecule has 15 heavy (non-hydrogen) atoms. The first-order valence-electron chi connectivity index (χ1n) is 5.40. The summed E-state index contributed by atoms with van der Waals surface area (Å²) in [6, 6.07) is -0.393. The van der Waals surface area contributed by atoms with Gasteiger partial charge < -0.3 is 9.84 Å². The zero-order chi connectivity index (χ0) is 10.9. The maximum Gasteiger partial charge on any atom is 0.321 e. The molecule has 4 nitrogen and oxygen atoms in total. The minimum Gasteiger partial charge on any atom is -0.480 e. The number of nitrogens with one attached hydrogen (secondary N) is 1. The number of aliphatic carboxylic acids is 1. The lowest BCUT2D eigenvalue weighted by molar-refractivity contribution is -0.139. The summed E-state index contributed by atoms with van der Waals surface area (Å²) < 4.78 is 5.39. The van der Waals surface area contributed by atoms with Crippen LogP contribution in [0.25, 0.3) is 0 Å². The monoisotopic (exact) mass is 231 g/mol. The predicted molar refractivity (Wildman–Crippen MR) is 59.0 cm³/mol. The molecular formula is C10H17NO3S. The van der Waals surface area contributed by atoms with Crippen molar-refractivity contribution in [1.29, 1.82) is 0 Å². The van der Waals surface area contributed by atoms with Crippen LogP contribution in [0.4, 0.5) is 0 Å². The van der Waals surface area contributed by atoms with Crippen LogP contribution in [0.5, 0.6) is 0 Å². The van der Waals surface area contributed by atoms with Crippen molar-refractivity contribution in [3.05, 3.63) is 0 Å². The molecule has 2 fully saturated rings. The molecule has 2 N–H and O–H groups in total. The van der Waals surface area contributed by atoms with E-state index in [1.54, 1.807) is 11.8 Å². The summed E-state index contributed by atoms with van der Waals surface area (Å²) in [5.74, 6) is 0.383. The number of carboxylic acids is 1. The SMILES string of the molecule is CCC1(C2CCOC2)NC(C(=O)O)CS1. The topological polar surface area (TPSA) is 58.6 Å². The molecule has 0 saturated carbocycles. The highest BCUT2D eigenvalue weighted by Crippen LogP contribution is 2.42. The molecule has 0 radical (unpaired) electrons. The lowest BCUT2D eigenvalue weighted by Gasteiger charge is -2.33. The number of thioether (sulfide) groups is 1. The molecule has 0 bridgehead atoms. The molecule has 0 aromatic carbocycles. The van der Waals surface area contributed by atoms with E-state index in [0.717, 1.165) is 26.1 Å². The number of hydrogen-bond acceptors (Lipinski definition) is 4. The van der Waals surface area contributed by atoms with Crippen LogP contribution in [0.2, 0.25) is 0 Å². The van der Waals surface area contributed by atoms with Crippen molar-refractivity contribution in [3.8, 4) is 0 Å². The van der Waals surface area contributed by atoms with Crippen LogP contribution in [-0.2, 0) is 9.53 Å². The predicted octanol–water partition coefficient (Wildman–Crippen LogP) is 0.919. The van der Waals surface area contributed by atoms with Gasteiger partial charge in [-0.3, -0.25) is 10.1 Å². The molecule has 0 aromatic rings. The summed E-state index contributed by atoms with van der Waals surface area (Å²) in [4.78, 5) is 10.8. The molecule has 3 atom stereocenters. The molecule has 2 heterocycles. The highest BCUT2D eigenvalue weighted by Gasteiger charge is 2.47. The van der Waals surface area contributed by atoms with E-state index < -0.39 is 12.0 Å². The molecule has 2 saturated heterocycles. The first kappa shape index (κ1) is 11.2. The van der Waals surface area contributed by atoms with Crippen molar-refractivity contribution in [3.63, 3.8) is 0 Å². The van der Waals surface area contributed by atoms with Crippen molar-refractivity contribution in [2.45, 2.75) is 30.7 Å². The molecule has 2 aliphatic heterocycles. The van der Waals surface area contributed by atoms with E-state index in [4.69, 9.17) is 9.84 Å². The quantitative estimate of drug-likeness (QED) is 0.756. The molecule has 0 amide bonds. The van der Waals surface area contributed by atoms with Crippen LogP contribution >= 0.6 is 11.8 Å². The van der Waals surface area contributed by atoms with E-state index in [-0.39, 0.29) is 4.87 Å². The zero-order valence-electron chi connectivity index (χ0n) is 8.86. The van der Waals surface area contributed by atoms with E-state index in [1.165, 1.54) is 0 Å². The van der Waals surface area contributed by atoms with Crippen molar-refractivity contribution >= 4 is 17.7 Å². The summed E-state index contributed by atoms with van der Waals surface area (Å²) >= 11 is 1.75. The van der Waals surface area contributed by atoms with Gasteiger partial charge in [0.15, 0.2) is 0 Å². The molecule has 0 aromatic heterocycles. The molecule has 5 heteroatoms. The second kappa shape index (κ2) is 4.31. The number of carbonyl (C=O) groups is 1.